The van der Waals surface area contributed by atoms with Gasteiger partial charge < -0.3 is 29.7 Å². The van der Waals surface area contributed by atoms with Crippen LogP contribution in [0.15, 0.2) is 90.2 Å². The average Bonchev–Trinajstić information content (AvgIpc) is 3.93. The first-order chi connectivity index (χ1) is 31.8. The first-order valence-corrected chi connectivity index (χ1v) is 22.0. The summed E-state index contributed by atoms with van der Waals surface area (Å²) in [6.45, 7) is 3.98. The van der Waals surface area contributed by atoms with Gasteiger partial charge in [-0.3, -0.25) is 39.0 Å². The van der Waals surface area contributed by atoms with Crippen molar-refractivity contribution in [1.29, 1.82) is 0 Å². The molecule has 0 aliphatic carbocycles. The average molecular weight is 886 g/mol. The van der Waals surface area contributed by atoms with Crippen molar-refractivity contribution < 1.29 is 43.0 Å². The molecular weight excluding hydrogens is 835 g/mol. The minimum absolute atomic E-state index is 0.0531. The van der Waals surface area contributed by atoms with Gasteiger partial charge in [-0.15, -0.1) is 0 Å². The number of imide groups is 2. The molecule has 6 amide bonds. The van der Waals surface area contributed by atoms with Crippen molar-refractivity contribution >= 4 is 53.3 Å². The van der Waals surface area contributed by atoms with E-state index in [4.69, 9.17) is 19.2 Å². The number of amides is 6. The summed E-state index contributed by atoms with van der Waals surface area (Å²) in [6.07, 6.45) is 5.79. The summed E-state index contributed by atoms with van der Waals surface area (Å²) in [4.78, 5) is 88.9. The fourth-order valence-electron chi connectivity index (χ4n) is 8.35. The van der Waals surface area contributed by atoms with Gasteiger partial charge in [0.2, 0.25) is 23.7 Å². The molecule has 0 spiro atoms. The third-order valence-electron chi connectivity index (χ3n) is 11.8. The summed E-state index contributed by atoms with van der Waals surface area (Å²) in [7, 11) is 0. The van der Waals surface area contributed by atoms with Crippen LogP contribution in [0.4, 0.5) is 11.6 Å². The van der Waals surface area contributed by atoms with Crippen molar-refractivity contribution in [2.45, 2.75) is 44.2 Å². The number of carbonyl (C=O) groups is 6. The smallest absolute Gasteiger partial charge is 0.264 e. The van der Waals surface area contributed by atoms with Crippen LogP contribution in [0.3, 0.4) is 0 Å². The molecule has 4 aliphatic heterocycles. The van der Waals surface area contributed by atoms with E-state index in [1.54, 1.807) is 41.5 Å². The fourth-order valence-corrected chi connectivity index (χ4v) is 8.35. The number of nitrogens with zero attached hydrogens (tertiary/aromatic N) is 6. The second-order valence-electron chi connectivity index (χ2n) is 15.9. The molecule has 18 heteroatoms. The van der Waals surface area contributed by atoms with Gasteiger partial charge in [-0.2, -0.15) is 5.10 Å². The molecule has 65 heavy (non-hydrogen) atoms. The SMILES string of the molecule is O=C1CCC(N2C(=O)c3cccc(NCCOCCOCCOCCNC(=O)c4ccc(-c5ccnc(N6CCC(C(=O)N7N=CCC7c7ccccc7)CC6)n5)cc4)c3C2=O)C(=O)N1. The summed E-state index contributed by atoms with van der Waals surface area (Å²) in [5.74, 6) is -1.88. The van der Waals surface area contributed by atoms with Gasteiger partial charge in [-0.05, 0) is 55.2 Å². The quantitative estimate of drug-likeness (QED) is 0.0908. The summed E-state index contributed by atoms with van der Waals surface area (Å²) >= 11 is 0. The second-order valence-corrected chi connectivity index (χ2v) is 15.9. The van der Waals surface area contributed by atoms with Gasteiger partial charge in [0.25, 0.3) is 17.7 Å². The monoisotopic (exact) mass is 885 g/mol. The number of carbonyl (C=O) groups excluding carboxylic acids is 6. The zero-order valence-corrected chi connectivity index (χ0v) is 35.9. The number of piperidine rings is 2. The summed E-state index contributed by atoms with van der Waals surface area (Å²) in [6, 6.07) is 22.9. The van der Waals surface area contributed by atoms with Crippen LogP contribution in [0.1, 0.15) is 74.8 Å². The second kappa shape index (κ2) is 21.2. The van der Waals surface area contributed by atoms with E-state index in [9.17, 15) is 28.8 Å². The molecule has 3 aromatic carbocycles. The van der Waals surface area contributed by atoms with Gasteiger partial charge in [0, 0.05) is 74.2 Å². The number of rotatable bonds is 19. The third kappa shape index (κ3) is 10.6. The minimum Gasteiger partial charge on any atom is -0.382 e. The number of benzene rings is 3. The lowest BCUT2D eigenvalue weighted by Gasteiger charge is -2.33. The van der Waals surface area contributed by atoms with Crippen molar-refractivity contribution in [2.75, 3.05) is 76.0 Å². The van der Waals surface area contributed by atoms with E-state index >= 15 is 0 Å². The minimum atomic E-state index is -1.03. The number of nitrogens with one attached hydrogen (secondary N) is 3. The molecule has 5 heterocycles. The first kappa shape index (κ1) is 44.7. The van der Waals surface area contributed by atoms with Crippen molar-refractivity contribution in [2.24, 2.45) is 11.0 Å². The van der Waals surface area contributed by atoms with Crippen molar-refractivity contribution in [3.63, 3.8) is 0 Å². The molecule has 8 rings (SSSR count). The number of fused-ring (bicyclic) bond motifs is 1. The maximum absolute atomic E-state index is 13.5. The van der Waals surface area contributed by atoms with E-state index in [1.807, 2.05) is 54.7 Å². The number of hydrogen-bond acceptors (Lipinski definition) is 14. The van der Waals surface area contributed by atoms with Crippen LogP contribution >= 0.6 is 0 Å². The normalized spacial score (nSPS) is 18.6. The Morgan fingerprint density at radius 1 is 0.754 bits per heavy atom. The van der Waals surface area contributed by atoms with Crippen molar-refractivity contribution in [3.8, 4) is 11.3 Å². The molecule has 2 saturated heterocycles. The summed E-state index contributed by atoms with van der Waals surface area (Å²) in [5.41, 5.74) is 4.05. The molecule has 0 bridgehead atoms. The Balaban J connectivity index is 0.675. The van der Waals surface area contributed by atoms with Crippen molar-refractivity contribution in [3.05, 3.63) is 107 Å². The number of hydrogen-bond donors (Lipinski definition) is 3. The molecule has 0 saturated carbocycles. The Labute approximate surface area is 375 Å². The van der Waals surface area contributed by atoms with E-state index in [0.717, 1.165) is 21.7 Å². The van der Waals surface area contributed by atoms with Crippen LogP contribution < -0.4 is 20.9 Å². The molecule has 0 radical (unpaired) electrons. The van der Waals surface area contributed by atoms with Crippen LogP contribution in [-0.4, -0.2) is 133 Å². The highest BCUT2D eigenvalue weighted by atomic mass is 16.5. The molecule has 18 nitrogen and oxygen atoms in total. The Bertz CT molecular complexity index is 2410. The zero-order valence-electron chi connectivity index (χ0n) is 35.9. The lowest BCUT2D eigenvalue weighted by molar-refractivity contribution is -0.138. The first-order valence-electron chi connectivity index (χ1n) is 22.0. The molecule has 338 valence electrons. The van der Waals surface area contributed by atoms with E-state index in [-0.39, 0.29) is 47.7 Å². The van der Waals surface area contributed by atoms with Crippen LogP contribution in [-0.2, 0) is 28.6 Å². The number of aromatic nitrogens is 2. The fraction of sp³-hybridized carbons (Fsp3) is 0.383. The predicted molar refractivity (Wildman–Crippen MR) is 238 cm³/mol. The molecule has 2 unspecified atom stereocenters. The zero-order chi connectivity index (χ0) is 45.1. The highest BCUT2D eigenvalue weighted by Crippen LogP contribution is 2.34. The van der Waals surface area contributed by atoms with E-state index in [1.165, 1.54) is 0 Å². The Kier molecular flexibility index (Phi) is 14.6. The predicted octanol–water partition coefficient (Wildman–Crippen LogP) is 3.61. The highest BCUT2D eigenvalue weighted by molar-refractivity contribution is 6.25. The van der Waals surface area contributed by atoms with Crippen molar-refractivity contribution in [1.82, 2.24) is 30.5 Å². The van der Waals surface area contributed by atoms with Gasteiger partial charge in [-0.25, -0.2) is 15.0 Å². The standard InChI is InChI=1S/C47H51N9O9/c57-40-14-13-39(43(59)53-40)55-45(61)35-7-4-8-37(41(35)46(55)62)48-21-25-63-27-29-65-30-28-64-26-22-49-42(58)33-11-9-31(10-12-33)36-15-19-50-47(52-36)54-23-17-34(18-24-54)44(60)56-38(16-20-51-56)32-5-2-1-3-6-32/h1-12,15,19-20,34,38-39,48H,13-14,16-18,21-30H2,(H,49,58)(H,53,57,59). The topological polar surface area (TPSA) is 214 Å². The molecule has 3 N–H and O–H groups in total. The van der Waals surface area contributed by atoms with Crippen LogP contribution in [0, 0.1) is 5.92 Å². The number of hydrazone groups is 1. The molecule has 4 aliphatic rings. The summed E-state index contributed by atoms with van der Waals surface area (Å²) in [5, 5.41) is 14.3. The number of ether oxygens (including phenoxy) is 3. The summed E-state index contributed by atoms with van der Waals surface area (Å²) < 4.78 is 16.8. The largest absolute Gasteiger partial charge is 0.382 e. The van der Waals surface area contributed by atoms with E-state index in [0.29, 0.717) is 102 Å². The molecule has 2 fully saturated rings. The van der Waals surface area contributed by atoms with Gasteiger partial charge in [0.05, 0.1) is 62.5 Å². The van der Waals surface area contributed by atoms with Gasteiger partial charge >= 0.3 is 0 Å². The molecule has 4 aromatic rings. The lowest BCUT2D eigenvalue weighted by Crippen LogP contribution is -2.54. The third-order valence-corrected chi connectivity index (χ3v) is 11.8. The Morgan fingerprint density at radius 3 is 2.22 bits per heavy atom. The Hall–Kier alpha value is -6.89. The molecule has 2 atom stereocenters. The maximum atomic E-state index is 13.5. The van der Waals surface area contributed by atoms with E-state index < -0.39 is 29.7 Å². The number of anilines is 2. The van der Waals surface area contributed by atoms with Crippen LogP contribution in [0.5, 0.6) is 0 Å². The molecular formula is C47H51N9O9. The van der Waals surface area contributed by atoms with Gasteiger partial charge in [0.1, 0.15) is 6.04 Å². The van der Waals surface area contributed by atoms with Crippen LogP contribution in [0.25, 0.3) is 11.3 Å². The van der Waals surface area contributed by atoms with Crippen LogP contribution in [0.2, 0.25) is 0 Å². The van der Waals surface area contributed by atoms with E-state index in [2.05, 4.69) is 30.9 Å². The highest BCUT2D eigenvalue weighted by Gasteiger charge is 2.45. The lowest BCUT2D eigenvalue weighted by atomic mass is 9.94. The molecule has 1 aromatic heterocycles. The van der Waals surface area contributed by atoms with Gasteiger partial charge in [-0.1, -0.05) is 48.5 Å². The maximum Gasteiger partial charge on any atom is 0.264 e. The van der Waals surface area contributed by atoms with Gasteiger partial charge in [0.15, 0.2) is 0 Å². The Morgan fingerprint density at radius 2 is 1.48 bits per heavy atom.